The van der Waals surface area contributed by atoms with Crippen LogP contribution >= 0.6 is 0 Å². The highest BCUT2D eigenvalue weighted by molar-refractivity contribution is 5.73. The number of carboxylic acid groups (broad SMARTS) is 1. The average molecular weight is 194 g/mol. The molecular weight excluding hydrogens is 180 g/mol. The molecule has 0 saturated carbocycles. The molecule has 0 radical (unpaired) electrons. The zero-order chi connectivity index (χ0) is 10.6. The van der Waals surface area contributed by atoms with E-state index in [0.29, 0.717) is 6.42 Å². The average Bonchev–Trinajstić information content (AvgIpc) is 2.16. The maximum atomic E-state index is 10.7. The molecule has 0 saturated heterocycles. The monoisotopic (exact) mass is 194 g/mol. The second-order valence-electron chi connectivity index (χ2n) is 3.19. The van der Waals surface area contributed by atoms with Crippen molar-refractivity contribution in [1.29, 1.82) is 0 Å². The molecule has 4 heteroatoms. The Labute approximate surface area is 83.0 Å². The Hall–Kier alpha value is -1.42. The fourth-order valence-corrected chi connectivity index (χ4v) is 1.17. The van der Waals surface area contributed by atoms with Gasteiger partial charge in [-0.3, -0.25) is 9.78 Å². The van der Waals surface area contributed by atoms with Gasteiger partial charge in [0.15, 0.2) is 0 Å². The van der Waals surface area contributed by atoms with Crippen molar-refractivity contribution in [2.24, 2.45) is 0 Å². The first-order valence-electron chi connectivity index (χ1n) is 4.45. The number of hydrogen-bond donors (Lipinski definition) is 2. The van der Waals surface area contributed by atoms with Crippen molar-refractivity contribution >= 4 is 5.97 Å². The number of aromatic nitrogens is 1. The van der Waals surface area contributed by atoms with E-state index in [2.05, 4.69) is 10.3 Å². The highest BCUT2D eigenvalue weighted by Gasteiger charge is 2.14. The van der Waals surface area contributed by atoms with Crippen LogP contribution in [0.4, 0.5) is 0 Å². The van der Waals surface area contributed by atoms with Crippen LogP contribution in [0.25, 0.3) is 0 Å². The van der Waals surface area contributed by atoms with Gasteiger partial charge < -0.3 is 10.4 Å². The Morgan fingerprint density at radius 3 is 2.79 bits per heavy atom. The van der Waals surface area contributed by atoms with Crippen LogP contribution in [0, 0.1) is 6.92 Å². The van der Waals surface area contributed by atoms with Gasteiger partial charge in [0.05, 0.1) is 0 Å². The summed E-state index contributed by atoms with van der Waals surface area (Å²) in [5, 5.41) is 11.5. The molecule has 1 rings (SSSR count). The van der Waals surface area contributed by atoms with Gasteiger partial charge in [-0.05, 0) is 32.0 Å². The van der Waals surface area contributed by atoms with Crippen molar-refractivity contribution in [3.8, 4) is 0 Å². The van der Waals surface area contributed by atoms with Gasteiger partial charge in [-0.2, -0.15) is 0 Å². The van der Waals surface area contributed by atoms with E-state index < -0.39 is 12.0 Å². The summed E-state index contributed by atoms with van der Waals surface area (Å²) in [6.07, 6.45) is 2.17. The van der Waals surface area contributed by atoms with Crippen LogP contribution in [0.2, 0.25) is 0 Å². The van der Waals surface area contributed by atoms with Gasteiger partial charge in [-0.1, -0.05) is 6.07 Å². The van der Waals surface area contributed by atoms with Gasteiger partial charge in [0, 0.05) is 11.9 Å². The summed E-state index contributed by atoms with van der Waals surface area (Å²) in [6, 6.07) is 3.24. The van der Waals surface area contributed by atoms with Crippen molar-refractivity contribution in [2.45, 2.75) is 19.4 Å². The second-order valence-corrected chi connectivity index (χ2v) is 3.19. The third kappa shape index (κ3) is 2.81. The molecule has 0 aliphatic rings. The SMILES string of the molecule is CNC(Cc1ccc(C)nc1)C(=O)O. The van der Waals surface area contributed by atoms with Crippen LogP contribution in [-0.4, -0.2) is 29.1 Å². The molecule has 0 aromatic carbocycles. The lowest BCUT2D eigenvalue weighted by molar-refractivity contribution is -0.139. The maximum absolute atomic E-state index is 10.7. The predicted octanol–water partition coefficient (Wildman–Crippen LogP) is 0.605. The molecule has 0 bridgehead atoms. The van der Waals surface area contributed by atoms with E-state index in [0.717, 1.165) is 11.3 Å². The number of hydrogen-bond acceptors (Lipinski definition) is 3. The second kappa shape index (κ2) is 4.72. The molecule has 76 valence electrons. The van der Waals surface area contributed by atoms with Crippen molar-refractivity contribution in [2.75, 3.05) is 7.05 Å². The molecule has 14 heavy (non-hydrogen) atoms. The highest BCUT2D eigenvalue weighted by atomic mass is 16.4. The van der Waals surface area contributed by atoms with Gasteiger partial charge in [-0.15, -0.1) is 0 Å². The van der Waals surface area contributed by atoms with E-state index in [1.165, 1.54) is 0 Å². The van der Waals surface area contributed by atoms with Crippen LogP contribution in [0.15, 0.2) is 18.3 Å². The third-order valence-electron chi connectivity index (χ3n) is 2.06. The van der Waals surface area contributed by atoms with Crippen LogP contribution < -0.4 is 5.32 Å². The van der Waals surface area contributed by atoms with Gasteiger partial charge in [0.2, 0.25) is 0 Å². The summed E-state index contributed by atoms with van der Waals surface area (Å²) < 4.78 is 0. The number of carbonyl (C=O) groups is 1. The van der Waals surface area contributed by atoms with Crippen LogP contribution in [0.1, 0.15) is 11.3 Å². The molecule has 0 aliphatic carbocycles. The minimum atomic E-state index is -0.840. The van der Waals surface area contributed by atoms with Gasteiger partial charge >= 0.3 is 5.97 Å². The largest absolute Gasteiger partial charge is 0.480 e. The highest BCUT2D eigenvalue weighted by Crippen LogP contribution is 2.03. The van der Waals surface area contributed by atoms with E-state index in [9.17, 15) is 4.79 Å². The summed E-state index contributed by atoms with van der Waals surface area (Å²) in [5.74, 6) is -0.840. The zero-order valence-corrected chi connectivity index (χ0v) is 8.32. The topological polar surface area (TPSA) is 62.2 Å². The lowest BCUT2D eigenvalue weighted by atomic mass is 10.1. The maximum Gasteiger partial charge on any atom is 0.321 e. The predicted molar refractivity (Wildman–Crippen MR) is 53.2 cm³/mol. The molecule has 2 N–H and O–H groups in total. The molecule has 1 heterocycles. The number of nitrogens with one attached hydrogen (secondary N) is 1. The van der Waals surface area contributed by atoms with Gasteiger partial charge in [0.25, 0.3) is 0 Å². The normalized spacial score (nSPS) is 12.4. The number of carboxylic acids is 1. The summed E-state index contributed by atoms with van der Waals surface area (Å²) in [7, 11) is 1.64. The number of aryl methyl sites for hydroxylation is 1. The number of rotatable bonds is 4. The van der Waals surface area contributed by atoms with Gasteiger partial charge in [-0.25, -0.2) is 0 Å². The van der Waals surface area contributed by atoms with Crippen molar-refractivity contribution in [1.82, 2.24) is 10.3 Å². The van der Waals surface area contributed by atoms with E-state index in [4.69, 9.17) is 5.11 Å². The zero-order valence-electron chi connectivity index (χ0n) is 8.32. The number of nitrogens with zero attached hydrogens (tertiary/aromatic N) is 1. The first-order chi connectivity index (χ1) is 6.63. The number of aliphatic carboxylic acids is 1. The van der Waals surface area contributed by atoms with Crippen molar-refractivity contribution in [3.05, 3.63) is 29.6 Å². The summed E-state index contributed by atoms with van der Waals surface area (Å²) in [5.41, 5.74) is 1.86. The summed E-state index contributed by atoms with van der Waals surface area (Å²) in [4.78, 5) is 14.8. The fraction of sp³-hybridized carbons (Fsp3) is 0.400. The molecule has 0 spiro atoms. The molecule has 4 nitrogen and oxygen atoms in total. The Balaban J connectivity index is 2.67. The minimum absolute atomic E-state index is 0.457. The van der Waals surface area contributed by atoms with Gasteiger partial charge in [0.1, 0.15) is 6.04 Å². The van der Waals surface area contributed by atoms with E-state index in [1.54, 1.807) is 13.2 Å². The lowest BCUT2D eigenvalue weighted by Gasteiger charge is -2.10. The quantitative estimate of drug-likeness (QED) is 0.737. The molecule has 1 aromatic rings. The Bertz CT molecular complexity index is 308. The molecule has 1 unspecified atom stereocenters. The molecular formula is C10H14N2O2. The molecule has 0 aliphatic heterocycles. The summed E-state index contributed by atoms with van der Waals surface area (Å²) in [6.45, 7) is 1.90. The van der Waals surface area contributed by atoms with Crippen LogP contribution in [0.5, 0.6) is 0 Å². The number of likely N-dealkylation sites (N-methyl/N-ethyl adjacent to an activating group) is 1. The Morgan fingerprint density at radius 1 is 1.64 bits per heavy atom. The minimum Gasteiger partial charge on any atom is -0.480 e. The molecule has 1 aromatic heterocycles. The molecule has 0 amide bonds. The number of pyridine rings is 1. The van der Waals surface area contributed by atoms with Crippen molar-refractivity contribution in [3.63, 3.8) is 0 Å². The Morgan fingerprint density at radius 2 is 2.36 bits per heavy atom. The van der Waals surface area contributed by atoms with Crippen LogP contribution in [0.3, 0.4) is 0 Å². The van der Waals surface area contributed by atoms with Crippen LogP contribution in [-0.2, 0) is 11.2 Å². The molecule has 1 atom stereocenters. The van der Waals surface area contributed by atoms with E-state index >= 15 is 0 Å². The smallest absolute Gasteiger partial charge is 0.321 e. The van der Waals surface area contributed by atoms with Crippen molar-refractivity contribution < 1.29 is 9.90 Å². The third-order valence-corrected chi connectivity index (χ3v) is 2.06. The van der Waals surface area contributed by atoms with E-state index in [-0.39, 0.29) is 0 Å². The first kappa shape index (κ1) is 10.7. The first-order valence-corrected chi connectivity index (χ1v) is 4.45. The Kier molecular flexibility index (Phi) is 3.59. The standard InChI is InChI=1S/C10H14N2O2/c1-7-3-4-8(6-12-7)5-9(11-2)10(13)14/h3-4,6,9,11H,5H2,1-2H3,(H,13,14). The summed E-state index contributed by atoms with van der Waals surface area (Å²) >= 11 is 0. The fourth-order valence-electron chi connectivity index (χ4n) is 1.17. The van der Waals surface area contributed by atoms with E-state index in [1.807, 2.05) is 19.1 Å². The molecule has 0 fully saturated rings. The lowest BCUT2D eigenvalue weighted by Crippen LogP contribution is -2.35.